The molecule has 0 spiro atoms. The number of aromatic nitrogens is 1. The van der Waals surface area contributed by atoms with E-state index in [1.807, 2.05) is 0 Å². The molecule has 2 aliphatic rings. The zero-order valence-corrected chi connectivity index (χ0v) is 13.1. The van der Waals surface area contributed by atoms with Crippen LogP contribution < -0.4 is 5.56 Å². The van der Waals surface area contributed by atoms with Crippen molar-refractivity contribution in [2.45, 2.75) is 43.6 Å². The minimum Gasteiger partial charge on any atom is -0.381 e. The van der Waals surface area contributed by atoms with Crippen LogP contribution in [0, 0.1) is 11.3 Å². The first-order valence-electron chi connectivity index (χ1n) is 7.78. The quantitative estimate of drug-likeness (QED) is 0.664. The number of nitrogens with one attached hydrogen (secondary N) is 2. The fourth-order valence-corrected chi connectivity index (χ4v) is 4.53. The molecule has 1 aliphatic carbocycles. The van der Waals surface area contributed by atoms with Crippen LogP contribution in [0.3, 0.4) is 0 Å². The maximum absolute atomic E-state index is 12.2. The highest BCUT2D eigenvalue weighted by Crippen LogP contribution is 2.32. The summed E-state index contributed by atoms with van der Waals surface area (Å²) in [6, 6.07) is 0. The lowest BCUT2D eigenvalue weighted by molar-refractivity contribution is 0.0728. The predicted molar refractivity (Wildman–Crippen MR) is 85.9 cm³/mol. The molecule has 0 saturated carbocycles. The van der Waals surface area contributed by atoms with Gasteiger partial charge in [-0.2, -0.15) is 0 Å². The highest BCUT2D eigenvalue weighted by Gasteiger charge is 2.21. The smallest absolute Gasteiger partial charge is 0.257 e. The SMILES string of the molecule is N=Cc1c2c(c(SCC3CCOCC3)[nH]c1=O)CCCC2. The van der Waals surface area contributed by atoms with Crippen LogP contribution in [0.1, 0.15) is 42.4 Å². The molecule has 1 aromatic heterocycles. The molecule has 5 heteroatoms. The van der Waals surface area contributed by atoms with E-state index in [9.17, 15) is 4.79 Å². The molecule has 2 heterocycles. The molecular weight excluding hydrogens is 284 g/mol. The van der Waals surface area contributed by atoms with E-state index < -0.39 is 0 Å². The van der Waals surface area contributed by atoms with Gasteiger partial charge < -0.3 is 15.1 Å². The number of hydrogen-bond acceptors (Lipinski definition) is 4. The fourth-order valence-electron chi connectivity index (χ4n) is 3.23. The Morgan fingerprint density at radius 3 is 2.67 bits per heavy atom. The molecule has 3 rings (SSSR count). The standard InChI is InChI=1S/C16H22N2O2S/c17-9-14-12-3-1-2-4-13(12)16(18-15(14)19)21-10-11-5-7-20-8-6-11/h9,11,17H,1-8,10H2,(H,18,19). The zero-order valence-electron chi connectivity index (χ0n) is 12.2. The van der Waals surface area contributed by atoms with E-state index in [1.54, 1.807) is 11.8 Å². The summed E-state index contributed by atoms with van der Waals surface area (Å²) in [7, 11) is 0. The first-order chi connectivity index (χ1) is 10.3. The Hall–Kier alpha value is -1.07. The van der Waals surface area contributed by atoms with E-state index >= 15 is 0 Å². The van der Waals surface area contributed by atoms with Crippen molar-refractivity contribution in [2.75, 3.05) is 19.0 Å². The summed E-state index contributed by atoms with van der Waals surface area (Å²) in [6.07, 6.45) is 7.74. The average Bonchev–Trinajstić information content (AvgIpc) is 2.54. The van der Waals surface area contributed by atoms with Crippen molar-refractivity contribution in [1.29, 1.82) is 5.41 Å². The van der Waals surface area contributed by atoms with Gasteiger partial charge in [0.05, 0.1) is 10.6 Å². The van der Waals surface area contributed by atoms with E-state index in [0.717, 1.165) is 61.7 Å². The van der Waals surface area contributed by atoms with Gasteiger partial charge in [0.25, 0.3) is 5.56 Å². The van der Waals surface area contributed by atoms with E-state index in [0.29, 0.717) is 11.5 Å². The van der Waals surface area contributed by atoms with Gasteiger partial charge in [-0.3, -0.25) is 4.79 Å². The number of fused-ring (bicyclic) bond motifs is 1. The van der Waals surface area contributed by atoms with Crippen molar-refractivity contribution >= 4 is 18.0 Å². The number of hydrogen-bond donors (Lipinski definition) is 2. The minimum atomic E-state index is -0.0971. The summed E-state index contributed by atoms with van der Waals surface area (Å²) >= 11 is 1.79. The number of rotatable bonds is 4. The van der Waals surface area contributed by atoms with Gasteiger partial charge in [0.2, 0.25) is 0 Å². The molecular formula is C16H22N2O2S. The molecule has 21 heavy (non-hydrogen) atoms. The highest BCUT2D eigenvalue weighted by molar-refractivity contribution is 7.99. The molecule has 1 fully saturated rings. The lowest BCUT2D eigenvalue weighted by atomic mass is 9.90. The van der Waals surface area contributed by atoms with E-state index in [-0.39, 0.29) is 5.56 Å². The summed E-state index contributed by atoms with van der Waals surface area (Å²) in [5, 5.41) is 8.54. The van der Waals surface area contributed by atoms with Crippen molar-refractivity contribution in [3.63, 3.8) is 0 Å². The average molecular weight is 306 g/mol. The van der Waals surface area contributed by atoms with E-state index in [2.05, 4.69) is 4.98 Å². The topological polar surface area (TPSA) is 65.9 Å². The molecule has 0 radical (unpaired) electrons. The monoisotopic (exact) mass is 306 g/mol. The van der Waals surface area contributed by atoms with Crippen LogP contribution >= 0.6 is 11.8 Å². The molecule has 0 amide bonds. The van der Waals surface area contributed by atoms with Gasteiger partial charge in [0, 0.05) is 25.2 Å². The fraction of sp³-hybridized carbons (Fsp3) is 0.625. The van der Waals surface area contributed by atoms with Crippen molar-refractivity contribution in [1.82, 2.24) is 4.98 Å². The molecule has 2 N–H and O–H groups in total. The maximum atomic E-state index is 12.2. The molecule has 0 atom stereocenters. The molecule has 0 aromatic carbocycles. The second kappa shape index (κ2) is 6.79. The largest absolute Gasteiger partial charge is 0.381 e. The summed E-state index contributed by atoms with van der Waals surface area (Å²) in [4.78, 5) is 15.2. The number of aromatic amines is 1. The molecule has 4 nitrogen and oxygen atoms in total. The minimum absolute atomic E-state index is 0.0971. The van der Waals surface area contributed by atoms with E-state index in [1.165, 1.54) is 18.2 Å². The number of H-pyrrole nitrogens is 1. The van der Waals surface area contributed by atoms with Crippen LogP contribution in [0.2, 0.25) is 0 Å². The number of thioether (sulfide) groups is 1. The first-order valence-corrected chi connectivity index (χ1v) is 8.77. The molecule has 1 saturated heterocycles. The van der Waals surface area contributed by atoms with Gasteiger partial charge in [0.15, 0.2) is 0 Å². The molecule has 1 aromatic rings. The molecule has 1 aliphatic heterocycles. The second-order valence-corrected chi connectivity index (χ2v) is 6.90. The normalized spacial score (nSPS) is 19.2. The van der Waals surface area contributed by atoms with Crippen molar-refractivity contribution in [3.8, 4) is 0 Å². The van der Waals surface area contributed by atoms with E-state index in [4.69, 9.17) is 10.1 Å². The third kappa shape index (κ3) is 3.24. The summed E-state index contributed by atoms with van der Waals surface area (Å²) in [5.74, 6) is 1.74. The summed E-state index contributed by atoms with van der Waals surface area (Å²) < 4.78 is 5.40. The molecule has 0 bridgehead atoms. The van der Waals surface area contributed by atoms with Crippen LogP contribution in [-0.2, 0) is 17.6 Å². The van der Waals surface area contributed by atoms with Gasteiger partial charge >= 0.3 is 0 Å². The number of pyridine rings is 1. The Balaban J connectivity index is 1.82. The van der Waals surface area contributed by atoms with Gasteiger partial charge in [0.1, 0.15) is 0 Å². The van der Waals surface area contributed by atoms with Crippen LogP contribution in [0.25, 0.3) is 0 Å². The van der Waals surface area contributed by atoms with Crippen LogP contribution in [0.15, 0.2) is 9.82 Å². The van der Waals surface area contributed by atoms with Gasteiger partial charge in [-0.05, 0) is 55.6 Å². The maximum Gasteiger partial charge on any atom is 0.257 e. The summed E-state index contributed by atoms with van der Waals surface area (Å²) in [5.41, 5.74) is 2.88. The van der Waals surface area contributed by atoms with Crippen molar-refractivity contribution in [3.05, 3.63) is 27.0 Å². The number of ether oxygens (including phenoxy) is 1. The Kier molecular flexibility index (Phi) is 4.80. The lowest BCUT2D eigenvalue weighted by Crippen LogP contribution is -2.22. The zero-order chi connectivity index (χ0) is 14.7. The Bertz CT molecular complexity index is 576. The predicted octanol–water partition coefficient (Wildman–Crippen LogP) is 2.77. The van der Waals surface area contributed by atoms with Crippen LogP contribution in [0.5, 0.6) is 0 Å². The summed E-state index contributed by atoms with van der Waals surface area (Å²) in [6.45, 7) is 1.74. The van der Waals surface area contributed by atoms with Crippen LogP contribution in [0.4, 0.5) is 0 Å². The third-order valence-corrected chi connectivity index (χ3v) is 5.76. The Labute approximate surface area is 129 Å². The van der Waals surface area contributed by atoms with Crippen LogP contribution in [-0.4, -0.2) is 30.2 Å². The lowest BCUT2D eigenvalue weighted by Gasteiger charge is -2.24. The molecule has 114 valence electrons. The van der Waals surface area contributed by atoms with Crippen molar-refractivity contribution < 1.29 is 4.74 Å². The van der Waals surface area contributed by atoms with Gasteiger partial charge in [-0.15, -0.1) is 11.8 Å². The third-order valence-electron chi connectivity index (χ3n) is 4.49. The highest BCUT2D eigenvalue weighted by atomic mass is 32.2. The molecule has 0 unspecified atom stereocenters. The first kappa shape index (κ1) is 14.9. The van der Waals surface area contributed by atoms with Gasteiger partial charge in [-0.25, -0.2) is 0 Å². The van der Waals surface area contributed by atoms with Crippen molar-refractivity contribution in [2.24, 2.45) is 5.92 Å². The second-order valence-electron chi connectivity index (χ2n) is 5.87. The Morgan fingerprint density at radius 2 is 1.95 bits per heavy atom. The van der Waals surface area contributed by atoms with Gasteiger partial charge in [-0.1, -0.05) is 0 Å². The Morgan fingerprint density at radius 1 is 1.24 bits per heavy atom.